The van der Waals surface area contributed by atoms with Crippen molar-refractivity contribution in [2.24, 2.45) is 0 Å². The lowest BCUT2D eigenvalue weighted by molar-refractivity contribution is -0.384. The molecule has 0 unspecified atom stereocenters. The predicted molar refractivity (Wildman–Crippen MR) is 156 cm³/mol. The molecule has 0 spiro atoms. The van der Waals surface area contributed by atoms with Crippen molar-refractivity contribution in [2.45, 2.75) is 24.8 Å². The minimum atomic E-state index is -0.710. The van der Waals surface area contributed by atoms with E-state index in [0.717, 1.165) is 11.1 Å². The smallest absolute Gasteiger partial charge is 0.269 e. The maximum absolute atomic E-state index is 14.3. The van der Waals surface area contributed by atoms with Gasteiger partial charge in [0.1, 0.15) is 5.75 Å². The molecule has 4 aromatic carbocycles. The predicted octanol–water partition coefficient (Wildman–Crippen LogP) is 6.82. The number of para-hydroxylation sites is 2. The Hall–Kier alpha value is -5.24. The van der Waals surface area contributed by atoms with E-state index in [1.54, 1.807) is 36.3 Å². The lowest BCUT2D eigenvalue weighted by atomic mass is 9.78. The molecule has 0 aromatic heterocycles. The van der Waals surface area contributed by atoms with Crippen molar-refractivity contribution in [1.82, 2.24) is 0 Å². The average molecular weight is 546 g/mol. The van der Waals surface area contributed by atoms with Crippen molar-refractivity contribution in [2.75, 3.05) is 17.3 Å². The Kier molecular flexibility index (Phi) is 6.81. The quantitative estimate of drug-likeness (QED) is 0.218. The van der Waals surface area contributed by atoms with Gasteiger partial charge in [0, 0.05) is 35.4 Å². The number of nitro benzene ring substituents is 1. The number of methoxy groups -OCH3 is 1. The Balaban J connectivity index is 1.54. The first kappa shape index (κ1) is 26.0. The second kappa shape index (κ2) is 10.7. The molecule has 8 nitrogen and oxygen atoms in total. The van der Waals surface area contributed by atoms with E-state index in [4.69, 9.17) is 4.74 Å². The van der Waals surface area contributed by atoms with Crippen molar-refractivity contribution in [3.63, 3.8) is 0 Å². The van der Waals surface area contributed by atoms with Crippen LogP contribution in [0.4, 0.5) is 17.1 Å². The summed E-state index contributed by atoms with van der Waals surface area (Å²) in [4.78, 5) is 41.1. The van der Waals surface area contributed by atoms with E-state index >= 15 is 0 Å². The first-order chi connectivity index (χ1) is 19.9. The molecule has 0 saturated carbocycles. The Morgan fingerprint density at radius 2 is 1.63 bits per heavy atom. The van der Waals surface area contributed by atoms with Gasteiger partial charge in [0.15, 0.2) is 5.78 Å². The summed E-state index contributed by atoms with van der Waals surface area (Å²) in [5.74, 6) is 0.0585. The number of benzene rings is 4. The third-order valence-corrected chi connectivity index (χ3v) is 7.71. The number of anilines is 2. The van der Waals surface area contributed by atoms with Gasteiger partial charge >= 0.3 is 0 Å². The molecule has 2 aliphatic rings. The summed E-state index contributed by atoms with van der Waals surface area (Å²) in [6.07, 6.45) is 0.620. The molecule has 1 aliphatic carbocycles. The van der Waals surface area contributed by atoms with Crippen LogP contribution in [-0.4, -0.2) is 23.7 Å². The van der Waals surface area contributed by atoms with E-state index in [1.165, 1.54) is 6.07 Å². The van der Waals surface area contributed by atoms with Gasteiger partial charge in [-0.05, 0) is 59.9 Å². The molecule has 41 heavy (non-hydrogen) atoms. The third-order valence-electron chi connectivity index (χ3n) is 7.71. The molecule has 1 aliphatic heterocycles. The second-order valence-electron chi connectivity index (χ2n) is 10.1. The number of fused-ring (bicyclic) bond motifs is 1. The van der Waals surface area contributed by atoms with Crippen LogP contribution in [0.15, 0.2) is 114 Å². The highest BCUT2D eigenvalue weighted by molar-refractivity contribution is 6.12. The van der Waals surface area contributed by atoms with Crippen LogP contribution in [0.5, 0.6) is 5.75 Å². The van der Waals surface area contributed by atoms with Crippen LogP contribution in [0.25, 0.3) is 0 Å². The second-order valence-corrected chi connectivity index (χ2v) is 10.1. The molecule has 1 heterocycles. The fourth-order valence-electron chi connectivity index (χ4n) is 5.76. The highest BCUT2D eigenvalue weighted by atomic mass is 16.6. The molecule has 6 rings (SSSR count). The number of Topliss-reactive ketones (excluding diaryl/α,β-unsaturated/α-hetero) is 1. The fourth-order valence-corrected chi connectivity index (χ4v) is 5.76. The number of ether oxygens (including phenoxy) is 1. The van der Waals surface area contributed by atoms with Gasteiger partial charge in [0.25, 0.3) is 11.6 Å². The Morgan fingerprint density at radius 3 is 2.37 bits per heavy atom. The van der Waals surface area contributed by atoms with E-state index in [2.05, 4.69) is 5.32 Å². The summed E-state index contributed by atoms with van der Waals surface area (Å²) in [6, 6.07) is 29.7. The van der Waals surface area contributed by atoms with Crippen LogP contribution in [-0.2, 0) is 4.79 Å². The SMILES string of the molecule is COc1ccc([C@@H]2C3=C(C[C@@H](c4cccc([N+](=O)[O-])c4)CC3=O)Nc3ccccc3N2C(=O)c2ccccc2)cc1. The van der Waals surface area contributed by atoms with Crippen LogP contribution in [0.2, 0.25) is 0 Å². The lowest BCUT2D eigenvalue weighted by Gasteiger charge is -2.35. The van der Waals surface area contributed by atoms with Crippen LogP contribution in [0, 0.1) is 10.1 Å². The molecular formula is C33H27N3O5. The minimum absolute atomic E-state index is 0.00959. The van der Waals surface area contributed by atoms with Gasteiger partial charge in [-0.3, -0.25) is 24.6 Å². The summed E-state index contributed by atoms with van der Waals surface area (Å²) in [5, 5.41) is 14.9. The molecule has 0 saturated heterocycles. The number of amides is 1. The number of hydrogen-bond donors (Lipinski definition) is 1. The van der Waals surface area contributed by atoms with Gasteiger partial charge in [0.2, 0.25) is 0 Å². The van der Waals surface area contributed by atoms with E-state index in [9.17, 15) is 19.7 Å². The maximum Gasteiger partial charge on any atom is 0.269 e. The Bertz CT molecular complexity index is 1680. The molecule has 0 radical (unpaired) electrons. The number of hydrogen-bond acceptors (Lipinski definition) is 6. The van der Waals surface area contributed by atoms with E-state index < -0.39 is 11.0 Å². The average Bonchev–Trinajstić information content (AvgIpc) is 3.16. The Morgan fingerprint density at radius 1 is 0.902 bits per heavy atom. The normalized spacial score (nSPS) is 18.1. The van der Waals surface area contributed by atoms with Crippen molar-refractivity contribution in [3.8, 4) is 5.75 Å². The fraction of sp³-hybridized carbons (Fsp3) is 0.152. The summed E-state index contributed by atoms with van der Waals surface area (Å²) < 4.78 is 5.38. The monoisotopic (exact) mass is 545 g/mol. The number of non-ortho nitro benzene ring substituents is 1. The maximum atomic E-state index is 14.3. The van der Waals surface area contributed by atoms with E-state index in [0.29, 0.717) is 40.4 Å². The molecule has 1 N–H and O–H groups in total. The number of carbonyl (C=O) groups excluding carboxylic acids is 2. The first-order valence-corrected chi connectivity index (χ1v) is 13.3. The van der Waals surface area contributed by atoms with Crippen molar-refractivity contribution < 1.29 is 19.2 Å². The number of allylic oxidation sites excluding steroid dienone is 1. The lowest BCUT2D eigenvalue weighted by Crippen LogP contribution is -2.38. The number of nitrogens with one attached hydrogen (secondary N) is 1. The zero-order valence-corrected chi connectivity index (χ0v) is 22.3. The number of nitrogens with zero attached hydrogens (tertiary/aromatic N) is 2. The van der Waals surface area contributed by atoms with Gasteiger partial charge < -0.3 is 10.1 Å². The molecule has 0 bridgehead atoms. The van der Waals surface area contributed by atoms with Crippen LogP contribution in [0.1, 0.15) is 46.3 Å². The van der Waals surface area contributed by atoms with Gasteiger partial charge in [0.05, 0.1) is 29.4 Å². The molecule has 4 aromatic rings. The molecule has 0 fully saturated rings. The van der Waals surface area contributed by atoms with Gasteiger partial charge in [-0.1, -0.05) is 54.6 Å². The molecule has 2 atom stereocenters. The summed E-state index contributed by atoms with van der Waals surface area (Å²) >= 11 is 0. The molecule has 8 heteroatoms. The van der Waals surface area contributed by atoms with E-state index in [1.807, 2.05) is 72.8 Å². The third kappa shape index (κ3) is 4.84. The minimum Gasteiger partial charge on any atom is -0.497 e. The largest absolute Gasteiger partial charge is 0.497 e. The Labute approximate surface area is 237 Å². The van der Waals surface area contributed by atoms with Crippen LogP contribution >= 0.6 is 0 Å². The summed E-state index contributed by atoms with van der Waals surface area (Å²) in [6.45, 7) is 0. The highest BCUT2D eigenvalue weighted by Gasteiger charge is 2.42. The van der Waals surface area contributed by atoms with Crippen molar-refractivity contribution in [3.05, 3.63) is 141 Å². The number of ketones is 1. The highest BCUT2D eigenvalue weighted by Crippen LogP contribution is 2.48. The van der Waals surface area contributed by atoms with Gasteiger partial charge in [-0.15, -0.1) is 0 Å². The van der Waals surface area contributed by atoms with Crippen molar-refractivity contribution in [1.29, 1.82) is 0 Å². The van der Waals surface area contributed by atoms with Gasteiger partial charge in [-0.25, -0.2) is 0 Å². The van der Waals surface area contributed by atoms with Gasteiger partial charge in [-0.2, -0.15) is 0 Å². The number of rotatable bonds is 5. The van der Waals surface area contributed by atoms with Crippen LogP contribution in [0.3, 0.4) is 0 Å². The number of carbonyl (C=O) groups is 2. The van der Waals surface area contributed by atoms with Crippen LogP contribution < -0.4 is 15.0 Å². The van der Waals surface area contributed by atoms with Crippen molar-refractivity contribution >= 4 is 28.8 Å². The molecule has 204 valence electrons. The standard InChI is InChI=1S/C33H27N3O5/c1-41-26-16-14-21(15-17-26)32-31-28(19-24(20-30(31)37)23-10-7-11-25(18-23)36(39)40)34-27-12-5-6-13-29(27)35(32)33(38)22-8-3-2-4-9-22/h2-18,24,32,34H,19-20H2,1H3/t24-,32-/m1/s1. The topological polar surface area (TPSA) is 102 Å². The zero-order chi connectivity index (χ0) is 28.5. The number of nitro groups is 1. The zero-order valence-electron chi connectivity index (χ0n) is 22.3. The first-order valence-electron chi connectivity index (χ1n) is 13.3. The molecular weight excluding hydrogens is 518 g/mol. The molecule has 1 amide bonds. The van der Waals surface area contributed by atoms with E-state index in [-0.39, 0.29) is 29.7 Å². The summed E-state index contributed by atoms with van der Waals surface area (Å²) in [7, 11) is 1.59. The summed E-state index contributed by atoms with van der Waals surface area (Å²) in [5.41, 5.74) is 4.56.